The number of rotatable bonds is 2. The molecule has 0 radical (unpaired) electrons. The SMILES string of the molecule is Nc1nc(N)c2ncn([C@@H]3O[C@@H]4COP(=O)(O)O[C@@H]5[C@H](O)C(OCC[C@H]4[C@H]3O)O[C@H]5n3cnc4c(=O)[nH]cnc43)c2n1. The van der Waals surface area contributed by atoms with Crippen molar-refractivity contribution < 1.29 is 42.9 Å². The van der Waals surface area contributed by atoms with Crippen molar-refractivity contribution in [3.63, 3.8) is 0 Å². The first-order valence-electron chi connectivity index (χ1n) is 12.7. The molecule has 8 N–H and O–H groups in total. The molecule has 2 unspecified atom stereocenters. The third-order valence-electron chi connectivity index (χ3n) is 7.46. The number of nitrogens with zero attached hydrogens (tertiary/aromatic N) is 7. The van der Waals surface area contributed by atoms with Gasteiger partial charge in [0.25, 0.3) is 5.56 Å². The maximum absolute atomic E-state index is 13.1. The summed E-state index contributed by atoms with van der Waals surface area (Å²) in [6.45, 7) is -0.498. The molecule has 20 nitrogen and oxygen atoms in total. The maximum Gasteiger partial charge on any atom is 0.472 e. The Labute approximate surface area is 233 Å². The van der Waals surface area contributed by atoms with Gasteiger partial charge in [0.15, 0.2) is 41.4 Å². The number of imidazole rings is 2. The average molecular weight is 608 g/mol. The predicted octanol–water partition coefficient (Wildman–Crippen LogP) is -1.86. The zero-order valence-corrected chi connectivity index (χ0v) is 22.3. The maximum atomic E-state index is 13.1. The normalized spacial score (nSPS) is 35.7. The van der Waals surface area contributed by atoms with Gasteiger partial charge in [-0.3, -0.25) is 23.0 Å². The van der Waals surface area contributed by atoms with Crippen LogP contribution >= 0.6 is 7.82 Å². The van der Waals surface area contributed by atoms with Gasteiger partial charge in [-0.15, -0.1) is 0 Å². The Morgan fingerprint density at radius 3 is 2.57 bits per heavy atom. The number of hydrogen-bond acceptors (Lipinski definition) is 16. The number of aliphatic hydroxyl groups excluding tert-OH is 2. The average Bonchev–Trinajstić information content (AvgIpc) is 3.69. The topological polar surface area (TPSA) is 283 Å². The number of hydrogen-bond donors (Lipinski definition) is 6. The molecule has 3 aliphatic rings. The Morgan fingerprint density at radius 1 is 1.00 bits per heavy atom. The van der Waals surface area contributed by atoms with Gasteiger partial charge in [0, 0.05) is 5.92 Å². The van der Waals surface area contributed by atoms with Crippen LogP contribution in [0.2, 0.25) is 0 Å². The van der Waals surface area contributed by atoms with Crippen LogP contribution in [0.4, 0.5) is 11.8 Å². The van der Waals surface area contributed by atoms with Crippen LogP contribution in [0, 0.1) is 5.92 Å². The summed E-state index contributed by atoms with van der Waals surface area (Å²) in [5.74, 6) is -0.736. The van der Waals surface area contributed by atoms with E-state index in [0.717, 1.165) is 6.33 Å². The van der Waals surface area contributed by atoms with Crippen LogP contribution in [0.15, 0.2) is 23.8 Å². The third-order valence-corrected chi connectivity index (χ3v) is 8.45. The lowest BCUT2D eigenvalue weighted by atomic mass is 9.95. The highest BCUT2D eigenvalue weighted by Crippen LogP contribution is 2.51. The molecule has 4 aromatic rings. The van der Waals surface area contributed by atoms with Crippen LogP contribution in [0.1, 0.15) is 18.9 Å². The summed E-state index contributed by atoms with van der Waals surface area (Å²) in [6.07, 6.45) is -4.86. The molecule has 7 rings (SSSR count). The molecule has 3 fully saturated rings. The number of aromatic nitrogens is 8. The van der Waals surface area contributed by atoms with Crippen molar-refractivity contribution in [1.29, 1.82) is 0 Å². The molecule has 0 amide bonds. The number of phosphoric acid groups is 1. The molecule has 4 aromatic heterocycles. The highest BCUT2D eigenvalue weighted by Gasteiger charge is 2.52. The molecular formula is C21H25N10O10P. The minimum absolute atomic E-state index is 0.0175. The fourth-order valence-electron chi connectivity index (χ4n) is 5.50. The summed E-state index contributed by atoms with van der Waals surface area (Å²) in [6, 6.07) is 0. The van der Waals surface area contributed by atoms with Crippen molar-refractivity contribution in [2.45, 2.75) is 49.6 Å². The van der Waals surface area contributed by atoms with E-state index in [4.69, 9.17) is 34.7 Å². The van der Waals surface area contributed by atoms with Crippen molar-refractivity contribution in [3.8, 4) is 0 Å². The first-order valence-corrected chi connectivity index (χ1v) is 14.2. The molecule has 21 heteroatoms. The fourth-order valence-corrected chi connectivity index (χ4v) is 6.43. The van der Waals surface area contributed by atoms with Gasteiger partial charge >= 0.3 is 7.82 Å². The Kier molecular flexibility index (Phi) is 6.49. The molecule has 9 atom stereocenters. The van der Waals surface area contributed by atoms with E-state index in [0.29, 0.717) is 0 Å². The zero-order valence-electron chi connectivity index (χ0n) is 21.4. The van der Waals surface area contributed by atoms with Crippen molar-refractivity contribution >= 4 is 41.9 Å². The molecule has 7 heterocycles. The Hall–Kier alpha value is -3.59. The summed E-state index contributed by atoms with van der Waals surface area (Å²) in [7, 11) is -4.88. The van der Waals surface area contributed by atoms with Gasteiger partial charge < -0.3 is 45.8 Å². The lowest BCUT2D eigenvalue weighted by Gasteiger charge is -2.26. The van der Waals surface area contributed by atoms with Gasteiger partial charge in [-0.2, -0.15) is 9.97 Å². The fraction of sp³-hybridized carbons (Fsp3) is 0.524. The largest absolute Gasteiger partial charge is 0.472 e. The summed E-state index contributed by atoms with van der Waals surface area (Å²) in [5.41, 5.74) is 11.7. The van der Waals surface area contributed by atoms with Gasteiger partial charge in [0.05, 0.1) is 38.3 Å². The van der Waals surface area contributed by atoms with Crippen LogP contribution in [0.5, 0.6) is 0 Å². The minimum Gasteiger partial charge on any atom is -0.388 e. The molecule has 3 saturated heterocycles. The smallest absolute Gasteiger partial charge is 0.388 e. The zero-order chi connectivity index (χ0) is 29.3. The second-order valence-electron chi connectivity index (χ2n) is 9.95. The quantitative estimate of drug-likeness (QED) is 0.136. The number of H-pyrrole nitrogens is 1. The van der Waals surface area contributed by atoms with E-state index in [9.17, 15) is 24.5 Å². The number of phosphoric ester groups is 1. The number of aliphatic hydroxyl groups is 2. The molecular weight excluding hydrogens is 583 g/mol. The van der Waals surface area contributed by atoms with Crippen LogP contribution in [0.25, 0.3) is 22.3 Å². The van der Waals surface area contributed by atoms with Gasteiger partial charge in [0.2, 0.25) is 5.95 Å². The van der Waals surface area contributed by atoms with Crippen LogP contribution < -0.4 is 17.0 Å². The second kappa shape index (κ2) is 10.0. The van der Waals surface area contributed by atoms with Crippen LogP contribution in [-0.2, 0) is 27.8 Å². The first-order chi connectivity index (χ1) is 20.1. The van der Waals surface area contributed by atoms with E-state index in [1.807, 2.05) is 0 Å². The minimum atomic E-state index is -4.88. The number of fused-ring (bicyclic) bond motifs is 5. The Morgan fingerprint density at radius 2 is 1.76 bits per heavy atom. The first kappa shape index (κ1) is 27.3. The summed E-state index contributed by atoms with van der Waals surface area (Å²) >= 11 is 0. The number of anilines is 2. The van der Waals surface area contributed by atoms with Crippen LogP contribution in [-0.4, -0.2) is 98.1 Å². The molecule has 0 spiro atoms. The molecule has 3 aliphatic heterocycles. The van der Waals surface area contributed by atoms with E-state index in [2.05, 4.69) is 29.9 Å². The van der Waals surface area contributed by atoms with Crippen molar-refractivity contribution in [2.75, 3.05) is 24.7 Å². The number of ether oxygens (including phenoxy) is 3. The molecule has 0 aromatic carbocycles. The molecule has 0 aliphatic carbocycles. The van der Waals surface area contributed by atoms with E-state index in [1.165, 1.54) is 21.8 Å². The monoisotopic (exact) mass is 608 g/mol. The van der Waals surface area contributed by atoms with E-state index >= 15 is 0 Å². The van der Waals surface area contributed by atoms with Crippen molar-refractivity contribution in [1.82, 2.24) is 39.0 Å². The lowest BCUT2D eigenvalue weighted by Crippen LogP contribution is -2.37. The van der Waals surface area contributed by atoms with Gasteiger partial charge in [-0.25, -0.2) is 19.5 Å². The highest BCUT2D eigenvalue weighted by atomic mass is 31.2. The lowest BCUT2D eigenvalue weighted by molar-refractivity contribution is -0.178. The summed E-state index contributed by atoms with van der Waals surface area (Å²) in [5, 5.41) is 22.3. The van der Waals surface area contributed by atoms with E-state index in [1.54, 1.807) is 0 Å². The summed E-state index contributed by atoms with van der Waals surface area (Å²) in [4.78, 5) is 45.5. The highest BCUT2D eigenvalue weighted by molar-refractivity contribution is 7.47. The number of aromatic amines is 1. The van der Waals surface area contributed by atoms with Crippen LogP contribution in [0.3, 0.4) is 0 Å². The number of nitrogens with one attached hydrogen (secondary N) is 1. The Balaban J connectivity index is 1.17. The molecule has 2 bridgehead atoms. The predicted molar refractivity (Wildman–Crippen MR) is 137 cm³/mol. The van der Waals surface area contributed by atoms with E-state index < -0.39 is 69.1 Å². The second-order valence-corrected chi connectivity index (χ2v) is 11.4. The van der Waals surface area contributed by atoms with Gasteiger partial charge in [-0.05, 0) is 6.42 Å². The van der Waals surface area contributed by atoms with E-state index in [-0.39, 0.29) is 47.1 Å². The number of nitrogens with two attached hydrogens (primary N) is 2. The molecule has 224 valence electrons. The number of nitrogen functional groups attached to an aromatic ring is 2. The van der Waals surface area contributed by atoms with Crippen molar-refractivity contribution in [2.24, 2.45) is 5.92 Å². The third kappa shape index (κ3) is 4.44. The van der Waals surface area contributed by atoms with Gasteiger partial charge in [0.1, 0.15) is 23.8 Å². The van der Waals surface area contributed by atoms with Gasteiger partial charge in [-0.1, -0.05) is 0 Å². The van der Waals surface area contributed by atoms with Crippen molar-refractivity contribution in [3.05, 3.63) is 29.3 Å². The molecule has 42 heavy (non-hydrogen) atoms. The Bertz CT molecular complexity index is 1760. The molecule has 0 saturated carbocycles. The standard InChI is InChI=1S/C21H25N10O10P/c22-14-9-16(29-21(23)28-14)31(5-26-9)18-11(32)7-1-2-37-20-12(33)13(41-42(35,36)38-3-8(7)39-18)19(40-20)30-6-27-10-15(30)24-4-25-17(10)34/h4-8,11-13,18-20,32-33H,1-3H2,(H,35,36)(H,24,25,34)(H4,22,23,28,29)/t7-,8-,11-,12+,13-,18-,19-,20?/m1/s1. The summed E-state index contributed by atoms with van der Waals surface area (Å²) < 4.78 is 44.2.